The van der Waals surface area contributed by atoms with Gasteiger partial charge in [-0.05, 0) is 18.6 Å². The summed E-state index contributed by atoms with van der Waals surface area (Å²) in [7, 11) is 0. The van der Waals surface area contributed by atoms with E-state index in [0.29, 0.717) is 0 Å². The van der Waals surface area contributed by atoms with Crippen LogP contribution in [-0.2, 0) is 0 Å². The summed E-state index contributed by atoms with van der Waals surface area (Å²) in [5, 5.41) is 14.4. The highest BCUT2D eigenvalue weighted by Crippen LogP contribution is 2.23. The van der Waals surface area contributed by atoms with Crippen LogP contribution in [0.25, 0.3) is 5.52 Å². The van der Waals surface area contributed by atoms with Crippen LogP contribution in [0.1, 0.15) is 50.7 Å². The van der Waals surface area contributed by atoms with Crippen molar-refractivity contribution < 1.29 is 5.11 Å². The van der Waals surface area contributed by atoms with Gasteiger partial charge in [-0.25, -0.2) is 4.52 Å². The normalized spacial score (nSPS) is 13.1. The zero-order valence-electron chi connectivity index (χ0n) is 10.3. The number of rotatable bonds is 6. The Hall–Kier alpha value is -1.35. The fourth-order valence-electron chi connectivity index (χ4n) is 2.13. The van der Waals surface area contributed by atoms with E-state index in [-0.39, 0.29) is 6.10 Å². The predicted molar refractivity (Wildman–Crippen MR) is 68.9 cm³/mol. The molecule has 0 fully saturated rings. The SMILES string of the molecule is CCCCCCC(O)c1cnn2ccccc12. The number of pyridine rings is 1. The van der Waals surface area contributed by atoms with E-state index >= 15 is 0 Å². The molecule has 2 rings (SSSR count). The van der Waals surface area contributed by atoms with Crippen molar-refractivity contribution in [1.82, 2.24) is 9.61 Å². The Morgan fingerprint density at radius 3 is 3.00 bits per heavy atom. The van der Waals surface area contributed by atoms with Gasteiger partial charge in [-0.1, -0.05) is 38.7 Å². The molecule has 2 aromatic rings. The van der Waals surface area contributed by atoms with Gasteiger partial charge < -0.3 is 5.11 Å². The number of hydrogen-bond acceptors (Lipinski definition) is 2. The molecule has 0 bridgehead atoms. The van der Waals surface area contributed by atoms with Crippen molar-refractivity contribution in [3.63, 3.8) is 0 Å². The van der Waals surface area contributed by atoms with Crippen molar-refractivity contribution in [2.45, 2.75) is 45.1 Å². The number of hydrogen-bond donors (Lipinski definition) is 1. The van der Waals surface area contributed by atoms with Gasteiger partial charge in [-0.2, -0.15) is 5.10 Å². The number of aliphatic hydroxyl groups is 1. The third kappa shape index (κ3) is 2.86. The first-order chi connectivity index (χ1) is 8.33. The molecule has 1 unspecified atom stereocenters. The van der Waals surface area contributed by atoms with Crippen LogP contribution in [0.5, 0.6) is 0 Å². The summed E-state index contributed by atoms with van der Waals surface area (Å²) in [6.07, 6.45) is 8.89. The largest absolute Gasteiger partial charge is 0.388 e. The van der Waals surface area contributed by atoms with Gasteiger partial charge >= 0.3 is 0 Å². The van der Waals surface area contributed by atoms with Crippen LogP contribution in [-0.4, -0.2) is 14.7 Å². The number of fused-ring (bicyclic) bond motifs is 1. The molecular weight excluding hydrogens is 212 g/mol. The van der Waals surface area contributed by atoms with Gasteiger partial charge in [-0.15, -0.1) is 0 Å². The first kappa shape index (κ1) is 12.1. The lowest BCUT2D eigenvalue weighted by Gasteiger charge is -2.08. The van der Waals surface area contributed by atoms with Crippen molar-refractivity contribution in [2.75, 3.05) is 0 Å². The molecule has 0 aliphatic carbocycles. The highest BCUT2D eigenvalue weighted by Gasteiger charge is 2.12. The quantitative estimate of drug-likeness (QED) is 0.776. The molecule has 0 aromatic carbocycles. The zero-order chi connectivity index (χ0) is 12.1. The highest BCUT2D eigenvalue weighted by atomic mass is 16.3. The molecule has 0 saturated carbocycles. The van der Waals surface area contributed by atoms with Crippen molar-refractivity contribution in [3.05, 3.63) is 36.2 Å². The van der Waals surface area contributed by atoms with E-state index in [4.69, 9.17) is 0 Å². The smallest absolute Gasteiger partial charge is 0.0826 e. The van der Waals surface area contributed by atoms with Gasteiger partial charge in [0.15, 0.2) is 0 Å². The molecule has 0 radical (unpaired) electrons. The van der Waals surface area contributed by atoms with E-state index in [1.54, 1.807) is 6.20 Å². The van der Waals surface area contributed by atoms with Gasteiger partial charge in [0, 0.05) is 11.8 Å². The van der Waals surface area contributed by atoms with E-state index in [1.165, 1.54) is 19.3 Å². The Balaban J connectivity index is 2.01. The molecule has 0 aliphatic rings. The number of unbranched alkanes of at least 4 members (excludes halogenated alkanes) is 3. The first-order valence-electron chi connectivity index (χ1n) is 6.43. The maximum Gasteiger partial charge on any atom is 0.0826 e. The number of aromatic nitrogens is 2. The lowest BCUT2D eigenvalue weighted by Crippen LogP contribution is -1.97. The monoisotopic (exact) mass is 232 g/mol. The van der Waals surface area contributed by atoms with Crippen molar-refractivity contribution in [3.8, 4) is 0 Å². The van der Waals surface area contributed by atoms with Gasteiger partial charge in [0.05, 0.1) is 17.8 Å². The Kier molecular flexibility index (Phi) is 4.15. The number of nitrogens with zero attached hydrogens (tertiary/aromatic N) is 2. The summed E-state index contributed by atoms with van der Waals surface area (Å²) < 4.78 is 1.81. The molecule has 1 N–H and O–H groups in total. The highest BCUT2D eigenvalue weighted by molar-refractivity contribution is 5.54. The Labute approximate surface area is 102 Å². The van der Waals surface area contributed by atoms with Crippen molar-refractivity contribution in [1.29, 1.82) is 0 Å². The molecule has 17 heavy (non-hydrogen) atoms. The minimum atomic E-state index is -0.383. The molecule has 0 amide bonds. The maximum atomic E-state index is 10.2. The second-order valence-electron chi connectivity index (χ2n) is 4.50. The summed E-state index contributed by atoms with van der Waals surface area (Å²) in [6, 6.07) is 5.92. The summed E-state index contributed by atoms with van der Waals surface area (Å²) in [6.45, 7) is 2.20. The molecule has 2 heterocycles. The summed E-state index contributed by atoms with van der Waals surface area (Å²) >= 11 is 0. The van der Waals surface area contributed by atoms with Gasteiger partial charge in [-0.3, -0.25) is 0 Å². The van der Waals surface area contributed by atoms with E-state index in [2.05, 4.69) is 12.0 Å². The summed E-state index contributed by atoms with van der Waals surface area (Å²) in [4.78, 5) is 0. The topological polar surface area (TPSA) is 37.5 Å². The van der Waals surface area contributed by atoms with Crippen LogP contribution < -0.4 is 0 Å². The van der Waals surface area contributed by atoms with Crippen LogP contribution in [0.4, 0.5) is 0 Å². The second kappa shape index (κ2) is 5.82. The average molecular weight is 232 g/mol. The number of aliphatic hydroxyl groups excluding tert-OH is 1. The second-order valence-corrected chi connectivity index (χ2v) is 4.50. The maximum absolute atomic E-state index is 10.2. The van der Waals surface area contributed by atoms with E-state index in [9.17, 15) is 5.11 Å². The van der Waals surface area contributed by atoms with Gasteiger partial charge in [0.2, 0.25) is 0 Å². The lowest BCUT2D eigenvalue weighted by molar-refractivity contribution is 0.165. The van der Waals surface area contributed by atoms with Crippen LogP contribution in [0.3, 0.4) is 0 Å². The van der Waals surface area contributed by atoms with E-state index in [1.807, 2.05) is 28.9 Å². The molecule has 0 aliphatic heterocycles. The van der Waals surface area contributed by atoms with Crippen LogP contribution in [0, 0.1) is 0 Å². The van der Waals surface area contributed by atoms with Crippen LogP contribution in [0.15, 0.2) is 30.6 Å². The van der Waals surface area contributed by atoms with Gasteiger partial charge in [0.1, 0.15) is 0 Å². The Morgan fingerprint density at radius 1 is 1.29 bits per heavy atom. The zero-order valence-corrected chi connectivity index (χ0v) is 10.3. The van der Waals surface area contributed by atoms with Crippen LogP contribution in [0.2, 0.25) is 0 Å². The van der Waals surface area contributed by atoms with Crippen molar-refractivity contribution in [2.24, 2.45) is 0 Å². The summed E-state index contributed by atoms with van der Waals surface area (Å²) in [5.74, 6) is 0. The minimum Gasteiger partial charge on any atom is -0.388 e. The standard InChI is InChI=1S/C14H20N2O/c1-2-3-4-5-9-14(17)12-11-15-16-10-7-6-8-13(12)16/h6-8,10-11,14,17H,2-5,9H2,1H3. The molecule has 2 aromatic heterocycles. The molecule has 0 spiro atoms. The molecule has 0 saturated heterocycles. The Bertz CT molecular complexity index is 464. The van der Waals surface area contributed by atoms with Crippen molar-refractivity contribution >= 4 is 5.52 Å². The Morgan fingerprint density at radius 2 is 2.18 bits per heavy atom. The molecule has 92 valence electrons. The third-order valence-electron chi connectivity index (χ3n) is 3.15. The fraction of sp³-hybridized carbons (Fsp3) is 0.500. The molecule has 1 atom stereocenters. The molecule has 3 heteroatoms. The van der Waals surface area contributed by atoms with E-state index in [0.717, 1.165) is 23.9 Å². The summed E-state index contributed by atoms with van der Waals surface area (Å²) in [5.41, 5.74) is 1.96. The molecule has 3 nitrogen and oxygen atoms in total. The predicted octanol–water partition coefficient (Wildman–Crippen LogP) is 3.34. The first-order valence-corrected chi connectivity index (χ1v) is 6.43. The third-order valence-corrected chi connectivity index (χ3v) is 3.15. The van der Waals surface area contributed by atoms with E-state index < -0.39 is 0 Å². The molecular formula is C14H20N2O. The minimum absolute atomic E-state index is 0.383. The van der Waals surface area contributed by atoms with Gasteiger partial charge in [0.25, 0.3) is 0 Å². The average Bonchev–Trinajstić information content (AvgIpc) is 2.78. The van der Waals surface area contributed by atoms with Crippen LogP contribution >= 0.6 is 0 Å². The lowest BCUT2D eigenvalue weighted by atomic mass is 10.0. The fourth-order valence-corrected chi connectivity index (χ4v) is 2.13.